The quantitative estimate of drug-likeness (QED) is 0.510. The molecule has 1 fully saturated rings. The topological polar surface area (TPSA) is 66.4 Å². The van der Waals surface area contributed by atoms with Crippen LogP contribution in [0.3, 0.4) is 0 Å². The average Bonchev–Trinajstić information content (AvgIpc) is 3.30. The molecular weight excluding hydrogens is 402 g/mol. The number of nitrogens with zero attached hydrogens (tertiary/aromatic N) is 4. The van der Waals surface area contributed by atoms with E-state index in [0.29, 0.717) is 6.61 Å². The first kappa shape index (κ1) is 19.9. The van der Waals surface area contributed by atoms with Crippen molar-refractivity contribution in [1.82, 2.24) is 14.8 Å². The Hall–Kier alpha value is -4.00. The molecule has 0 aliphatic carbocycles. The maximum Gasteiger partial charge on any atom is 0.347 e. The molecule has 0 atom stereocenters. The van der Waals surface area contributed by atoms with Gasteiger partial charge in [0.15, 0.2) is 0 Å². The molecule has 3 aromatic carbocycles. The van der Waals surface area contributed by atoms with Crippen molar-refractivity contribution < 1.29 is 4.74 Å². The molecule has 1 aromatic heterocycles. The van der Waals surface area contributed by atoms with E-state index < -0.39 is 0 Å². The molecule has 162 valence electrons. The summed E-state index contributed by atoms with van der Waals surface area (Å²) in [5, 5.41) is 6.20. The van der Waals surface area contributed by atoms with Crippen molar-refractivity contribution in [1.29, 1.82) is 0 Å². The lowest BCUT2D eigenvalue weighted by Gasteiger charge is -2.37. The van der Waals surface area contributed by atoms with Crippen molar-refractivity contribution in [3.05, 3.63) is 101 Å². The molecular formula is C25H25N5O2. The molecule has 1 N–H and O–H groups in total. The molecule has 4 aromatic rings. The predicted octanol–water partition coefficient (Wildman–Crippen LogP) is 3.47. The van der Waals surface area contributed by atoms with E-state index in [0.717, 1.165) is 48.9 Å². The number of rotatable bonds is 6. The Morgan fingerprint density at radius 1 is 0.750 bits per heavy atom. The second kappa shape index (κ2) is 9.01. The predicted molar refractivity (Wildman–Crippen MR) is 126 cm³/mol. The van der Waals surface area contributed by atoms with Crippen LogP contribution in [0.4, 0.5) is 11.4 Å². The first-order valence-corrected chi connectivity index (χ1v) is 10.8. The van der Waals surface area contributed by atoms with Crippen molar-refractivity contribution in [2.24, 2.45) is 0 Å². The third kappa shape index (κ3) is 4.37. The van der Waals surface area contributed by atoms with Crippen LogP contribution in [0.15, 0.2) is 90.0 Å². The second-order valence-corrected chi connectivity index (χ2v) is 7.79. The van der Waals surface area contributed by atoms with Crippen molar-refractivity contribution in [3.63, 3.8) is 0 Å². The van der Waals surface area contributed by atoms with E-state index in [9.17, 15) is 4.79 Å². The summed E-state index contributed by atoms with van der Waals surface area (Å²) in [4.78, 5) is 16.5. The number of ether oxygens (including phenoxy) is 1. The maximum atomic E-state index is 11.7. The first-order valence-electron chi connectivity index (χ1n) is 10.8. The monoisotopic (exact) mass is 427 g/mol. The summed E-state index contributed by atoms with van der Waals surface area (Å²) in [6.07, 6.45) is 1.49. The third-order valence-corrected chi connectivity index (χ3v) is 5.78. The van der Waals surface area contributed by atoms with Crippen LogP contribution in [-0.4, -0.2) is 40.9 Å². The SMILES string of the molecule is O=c1[nH]ncn1-c1ccc(N2CCN(c3ccc(OCc4ccccc4)cc3)CC2)cc1. The Balaban J connectivity index is 1.16. The molecule has 0 saturated carbocycles. The summed E-state index contributed by atoms with van der Waals surface area (Å²) in [6, 6.07) is 26.6. The van der Waals surface area contributed by atoms with E-state index in [4.69, 9.17) is 4.74 Å². The number of piperazine rings is 1. The Bertz CT molecular complexity index is 1190. The Morgan fingerprint density at radius 3 is 1.88 bits per heavy atom. The highest BCUT2D eigenvalue weighted by Crippen LogP contribution is 2.24. The molecule has 0 amide bonds. The van der Waals surface area contributed by atoms with Gasteiger partial charge < -0.3 is 14.5 Å². The van der Waals surface area contributed by atoms with Gasteiger partial charge >= 0.3 is 5.69 Å². The molecule has 0 radical (unpaired) electrons. The number of hydrogen-bond acceptors (Lipinski definition) is 5. The number of aromatic amines is 1. The zero-order chi connectivity index (χ0) is 21.8. The van der Waals surface area contributed by atoms with Crippen molar-refractivity contribution >= 4 is 11.4 Å². The number of nitrogens with one attached hydrogen (secondary N) is 1. The zero-order valence-corrected chi connectivity index (χ0v) is 17.7. The molecule has 2 heterocycles. The summed E-state index contributed by atoms with van der Waals surface area (Å²) in [5.74, 6) is 0.882. The van der Waals surface area contributed by atoms with Gasteiger partial charge in [0, 0.05) is 37.6 Å². The normalized spacial score (nSPS) is 13.9. The number of benzene rings is 3. The third-order valence-electron chi connectivity index (χ3n) is 5.78. The standard InChI is InChI=1S/C25H25N5O2/c31-25-27-26-19-30(25)23-8-6-21(7-9-23)28-14-16-29(17-15-28)22-10-12-24(13-11-22)32-18-20-4-2-1-3-5-20/h1-13,19H,14-18H2,(H,27,31). The van der Waals surface area contributed by atoms with E-state index in [2.05, 4.69) is 56.4 Å². The van der Waals surface area contributed by atoms with Crippen molar-refractivity contribution in [3.8, 4) is 11.4 Å². The zero-order valence-electron chi connectivity index (χ0n) is 17.7. The van der Waals surface area contributed by atoms with Crippen LogP contribution in [0.2, 0.25) is 0 Å². The van der Waals surface area contributed by atoms with Gasteiger partial charge in [0.05, 0.1) is 5.69 Å². The Kier molecular flexibility index (Phi) is 5.61. The van der Waals surface area contributed by atoms with Gasteiger partial charge in [-0.1, -0.05) is 30.3 Å². The lowest BCUT2D eigenvalue weighted by Crippen LogP contribution is -2.46. The van der Waals surface area contributed by atoms with Crippen LogP contribution >= 0.6 is 0 Å². The fourth-order valence-electron chi connectivity index (χ4n) is 3.97. The summed E-state index contributed by atoms with van der Waals surface area (Å²) in [7, 11) is 0. The van der Waals surface area contributed by atoms with Gasteiger partial charge in [-0.2, -0.15) is 5.10 Å². The minimum atomic E-state index is -0.233. The van der Waals surface area contributed by atoms with Crippen LogP contribution in [0.5, 0.6) is 5.75 Å². The molecule has 1 saturated heterocycles. The molecule has 1 aliphatic heterocycles. The van der Waals surface area contributed by atoms with Crippen LogP contribution in [-0.2, 0) is 6.61 Å². The van der Waals surface area contributed by atoms with E-state index >= 15 is 0 Å². The van der Waals surface area contributed by atoms with E-state index in [-0.39, 0.29) is 5.69 Å². The minimum Gasteiger partial charge on any atom is -0.489 e. The van der Waals surface area contributed by atoms with Crippen molar-refractivity contribution in [2.75, 3.05) is 36.0 Å². The Labute approximate surface area is 186 Å². The van der Waals surface area contributed by atoms with E-state index in [1.54, 1.807) is 0 Å². The molecule has 7 heteroatoms. The second-order valence-electron chi connectivity index (χ2n) is 7.79. The number of H-pyrrole nitrogens is 1. The lowest BCUT2D eigenvalue weighted by molar-refractivity contribution is 0.306. The molecule has 0 spiro atoms. The van der Waals surface area contributed by atoms with Crippen LogP contribution < -0.4 is 20.2 Å². The Morgan fingerprint density at radius 2 is 1.31 bits per heavy atom. The summed E-state index contributed by atoms with van der Waals surface area (Å²) >= 11 is 0. The van der Waals surface area contributed by atoms with Gasteiger partial charge in [-0.3, -0.25) is 0 Å². The van der Waals surface area contributed by atoms with Gasteiger partial charge in [0.25, 0.3) is 0 Å². The maximum absolute atomic E-state index is 11.7. The van der Waals surface area contributed by atoms with Crippen LogP contribution in [0.1, 0.15) is 5.56 Å². The summed E-state index contributed by atoms with van der Waals surface area (Å²) < 4.78 is 7.39. The average molecular weight is 428 g/mol. The highest BCUT2D eigenvalue weighted by Gasteiger charge is 2.18. The van der Waals surface area contributed by atoms with Gasteiger partial charge in [-0.25, -0.2) is 14.5 Å². The van der Waals surface area contributed by atoms with Crippen molar-refractivity contribution in [2.45, 2.75) is 6.61 Å². The van der Waals surface area contributed by atoms with Gasteiger partial charge in [-0.15, -0.1) is 0 Å². The fraction of sp³-hybridized carbons (Fsp3) is 0.200. The number of aromatic nitrogens is 3. The van der Waals surface area contributed by atoms with Crippen LogP contribution in [0, 0.1) is 0 Å². The molecule has 32 heavy (non-hydrogen) atoms. The highest BCUT2D eigenvalue weighted by molar-refractivity contribution is 5.54. The minimum absolute atomic E-state index is 0.233. The largest absolute Gasteiger partial charge is 0.489 e. The smallest absolute Gasteiger partial charge is 0.347 e. The molecule has 1 aliphatic rings. The first-order chi connectivity index (χ1) is 15.8. The van der Waals surface area contributed by atoms with E-state index in [1.165, 1.54) is 16.6 Å². The highest BCUT2D eigenvalue weighted by atomic mass is 16.5. The molecule has 0 bridgehead atoms. The summed E-state index contributed by atoms with van der Waals surface area (Å²) in [5.41, 5.74) is 4.11. The van der Waals surface area contributed by atoms with Crippen LogP contribution in [0.25, 0.3) is 5.69 Å². The molecule has 7 nitrogen and oxygen atoms in total. The lowest BCUT2D eigenvalue weighted by atomic mass is 10.2. The molecule has 0 unspecified atom stereocenters. The van der Waals surface area contributed by atoms with E-state index in [1.807, 2.05) is 42.5 Å². The number of hydrogen-bond donors (Lipinski definition) is 1. The summed E-state index contributed by atoms with van der Waals surface area (Å²) in [6.45, 7) is 4.36. The fourth-order valence-corrected chi connectivity index (χ4v) is 3.97. The van der Waals surface area contributed by atoms with Gasteiger partial charge in [0.1, 0.15) is 18.7 Å². The number of anilines is 2. The van der Waals surface area contributed by atoms with Gasteiger partial charge in [0.2, 0.25) is 0 Å². The van der Waals surface area contributed by atoms with Gasteiger partial charge in [-0.05, 0) is 54.1 Å². The molecule has 5 rings (SSSR count).